The fraction of sp³-hybridized carbons (Fsp3) is 0.308. The van der Waals surface area contributed by atoms with Crippen LogP contribution in [-0.4, -0.2) is 15.1 Å². The molecule has 0 N–H and O–H groups in total. The molecule has 0 amide bonds. The molecule has 3 nitrogen and oxygen atoms in total. The molecule has 1 aromatic heterocycles. The van der Waals surface area contributed by atoms with Gasteiger partial charge in [0.1, 0.15) is 10.8 Å². The zero-order valence-electron chi connectivity index (χ0n) is 9.88. The third kappa shape index (κ3) is 2.97. The molecule has 0 radical (unpaired) electrons. The minimum atomic E-state index is 0.0945. The van der Waals surface area contributed by atoms with Crippen LogP contribution in [0.15, 0.2) is 30.3 Å². The van der Waals surface area contributed by atoms with E-state index in [0.717, 1.165) is 16.4 Å². The maximum Gasteiger partial charge on any atom is 0.169 e. The molecule has 1 heterocycles. The third-order valence-corrected chi connectivity index (χ3v) is 3.13. The standard InChI is InChI=1S/C13H14N2OS/c1-9(2)13-14-12(17-15-13)8-11(16)10-6-4-3-5-7-10/h3-7,9H,8H2,1-2H3. The monoisotopic (exact) mass is 246 g/mol. The van der Waals surface area contributed by atoms with Crippen LogP contribution in [0.5, 0.6) is 0 Å². The maximum absolute atomic E-state index is 11.9. The van der Waals surface area contributed by atoms with Crippen molar-refractivity contribution in [2.24, 2.45) is 0 Å². The number of nitrogens with zero attached hydrogens (tertiary/aromatic N) is 2. The lowest BCUT2D eigenvalue weighted by Crippen LogP contribution is -2.03. The van der Waals surface area contributed by atoms with Gasteiger partial charge >= 0.3 is 0 Å². The van der Waals surface area contributed by atoms with Crippen molar-refractivity contribution >= 4 is 17.3 Å². The molecule has 0 saturated heterocycles. The Morgan fingerprint density at radius 3 is 2.59 bits per heavy atom. The first-order chi connectivity index (χ1) is 8.16. The van der Waals surface area contributed by atoms with E-state index in [9.17, 15) is 4.79 Å². The Balaban J connectivity index is 2.08. The molecule has 0 bridgehead atoms. The topological polar surface area (TPSA) is 42.9 Å². The number of benzene rings is 1. The predicted octanol–water partition coefficient (Wildman–Crippen LogP) is 3.09. The summed E-state index contributed by atoms with van der Waals surface area (Å²) in [4.78, 5) is 16.3. The van der Waals surface area contributed by atoms with Crippen LogP contribution in [0.2, 0.25) is 0 Å². The van der Waals surface area contributed by atoms with Crippen LogP contribution in [-0.2, 0) is 6.42 Å². The lowest BCUT2D eigenvalue weighted by Gasteiger charge is -1.97. The van der Waals surface area contributed by atoms with Gasteiger partial charge in [0.25, 0.3) is 0 Å². The molecular weight excluding hydrogens is 232 g/mol. The summed E-state index contributed by atoms with van der Waals surface area (Å²) in [6.07, 6.45) is 0.342. The largest absolute Gasteiger partial charge is 0.294 e. The normalized spacial score (nSPS) is 10.8. The average molecular weight is 246 g/mol. The fourth-order valence-corrected chi connectivity index (χ4v) is 2.22. The van der Waals surface area contributed by atoms with Gasteiger partial charge in [-0.05, 0) is 11.5 Å². The van der Waals surface area contributed by atoms with Crippen LogP contribution in [0.3, 0.4) is 0 Å². The molecule has 2 aromatic rings. The van der Waals surface area contributed by atoms with Crippen LogP contribution >= 0.6 is 11.5 Å². The molecule has 0 spiro atoms. The van der Waals surface area contributed by atoms with Crippen LogP contribution < -0.4 is 0 Å². The highest BCUT2D eigenvalue weighted by Crippen LogP contribution is 2.15. The Bertz CT molecular complexity index is 505. The molecule has 0 unspecified atom stereocenters. The van der Waals surface area contributed by atoms with Crippen molar-refractivity contribution in [3.63, 3.8) is 0 Å². The van der Waals surface area contributed by atoms with Crippen molar-refractivity contribution in [3.8, 4) is 0 Å². The van der Waals surface area contributed by atoms with Crippen LogP contribution in [0.4, 0.5) is 0 Å². The third-order valence-electron chi connectivity index (χ3n) is 2.41. The number of hydrogen-bond acceptors (Lipinski definition) is 4. The maximum atomic E-state index is 11.9. The number of carbonyl (C=O) groups excluding carboxylic acids is 1. The van der Waals surface area contributed by atoms with Gasteiger partial charge in [-0.15, -0.1) is 0 Å². The van der Waals surface area contributed by atoms with E-state index in [0.29, 0.717) is 12.3 Å². The Kier molecular flexibility index (Phi) is 3.64. The van der Waals surface area contributed by atoms with E-state index in [1.54, 1.807) is 0 Å². The highest BCUT2D eigenvalue weighted by Gasteiger charge is 2.12. The second kappa shape index (κ2) is 5.19. The number of carbonyl (C=O) groups is 1. The average Bonchev–Trinajstić information content (AvgIpc) is 2.79. The minimum Gasteiger partial charge on any atom is -0.294 e. The van der Waals surface area contributed by atoms with Gasteiger partial charge in [0, 0.05) is 11.5 Å². The second-order valence-corrected chi connectivity index (χ2v) is 5.00. The van der Waals surface area contributed by atoms with E-state index < -0.39 is 0 Å². The Morgan fingerprint density at radius 2 is 2.00 bits per heavy atom. The molecule has 4 heteroatoms. The van der Waals surface area contributed by atoms with Crippen molar-refractivity contribution < 1.29 is 4.79 Å². The number of hydrogen-bond donors (Lipinski definition) is 0. The molecule has 2 rings (SSSR count). The van der Waals surface area contributed by atoms with Crippen LogP contribution in [0.25, 0.3) is 0 Å². The molecule has 0 fully saturated rings. The lowest BCUT2D eigenvalue weighted by molar-refractivity contribution is 0.0993. The molecule has 17 heavy (non-hydrogen) atoms. The molecule has 0 saturated carbocycles. The van der Waals surface area contributed by atoms with E-state index in [1.807, 2.05) is 44.2 Å². The van der Waals surface area contributed by atoms with Gasteiger partial charge in [0.05, 0.1) is 6.42 Å². The zero-order chi connectivity index (χ0) is 12.3. The van der Waals surface area contributed by atoms with Crippen LogP contribution in [0.1, 0.15) is 41.0 Å². The SMILES string of the molecule is CC(C)c1nsc(CC(=O)c2ccccc2)n1. The molecule has 1 aromatic carbocycles. The van der Waals surface area contributed by atoms with E-state index in [1.165, 1.54) is 11.5 Å². The summed E-state index contributed by atoms with van der Waals surface area (Å²) < 4.78 is 4.24. The van der Waals surface area contributed by atoms with E-state index in [-0.39, 0.29) is 5.78 Å². The summed E-state index contributed by atoms with van der Waals surface area (Å²) in [5, 5.41) is 0.794. The highest BCUT2D eigenvalue weighted by atomic mass is 32.1. The number of ketones is 1. The molecule has 0 aliphatic rings. The van der Waals surface area contributed by atoms with Gasteiger partial charge in [0.2, 0.25) is 0 Å². The molecule has 0 aliphatic heterocycles. The van der Waals surface area contributed by atoms with Gasteiger partial charge in [-0.25, -0.2) is 4.98 Å². The number of rotatable bonds is 4. The zero-order valence-corrected chi connectivity index (χ0v) is 10.7. The molecule has 0 atom stereocenters. The van der Waals surface area contributed by atoms with Crippen molar-refractivity contribution in [2.45, 2.75) is 26.2 Å². The minimum absolute atomic E-state index is 0.0945. The smallest absolute Gasteiger partial charge is 0.169 e. The van der Waals surface area contributed by atoms with Gasteiger partial charge in [0.15, 0.2) is 5.78 Å². The highest BCUT2D eigenvalue weighted by molar-refractivity contribution is 7.05. The van der Waals surface area contributed by atoms with Gasteiger partial charge < -0.3 is 0 Å². The van der Waals surface area contributed by atoms with E-state index >= 15 is 0 Å². The van der Waals surface area contributed by atoms with Crippen LogP contribution in [0, 0.1) is 0 Å². The number of aromatic nitrogens is 2. The van der Waals surface area contributed by atoms with Crippen molar-refractivity contribution in [1.82, 2.24) is 9.36 Å². The number of Topliss-reactive ketones (excluding diaryl/α,β-unsaturated/α-hetero) is 1. The first-order valence-corrected chi connectivity index (χ1v) is 6.35. The summed E-state index contributed by atoms with van der Waals surface area (Å²) in [5.41, 5.74) is 0.730. The first-order valence-electron chi connectivity index (χ1n) is 5.57. The van der Waals surface area contributed by atoms with Gasteiger partial charge in [-0.3, -0.25) is 4.79 Å². The quantitative estimate of drug-likeness (QED) is 0.778. The van der Waals surface area contributed by atoms with E-state index in [4.69, 9.17) is 0 Å². The lowest BCUT2D eigenvalue weighted by atomic mass is 10.1. The second-order valence-electron chi connectivity index (χ2n) is 4.17. The summed E-state index contributed by atoms with van der Waals surface area (Å²) in [5.74, 6) is 1.23. The first kappa shape index (κ1) is 11.9. The van der Waals surface area contributed by atoms with Crippen molar-refractivity contribution in [3.05, 3.63) is 46.7 Å². The Morgan fingerprint density at radius 1 is 1.29 bits per heavy atom. The predicted molar refractivity (Wildman–Crippen MR) is 68.5 cm³/mol. The summed E-state index contributed by atoms with van der Waals surface area (Å²) in [6.45, 7) is 4.09. The fourth-order valence-electron chi connectivity index (χ4n) is 1.44. The summed E-state index contributed by atoms with van der Waals surface area (Å²) in [7, 11) is 0. The summed E-state index contributed by atoms with van der Waals surface area (Å²) in [6, 6.07) is 9.29. The van der Waals surface area contributed by atoms with Gasteiger partial charge in [-0.2, -0.15) is 4.37 Å². The van der Waals surface area contributed by atoms with Crippen molar-refractivity contribution in [1.29, 1.82) is 0 Å². The van der Waals surface area contributed by atoms with E-state index in [2.05, 4.69) is 9.36 Å². The van der Waals surface area contributed by atoms with Gasteiger partial charge in [-0.1, -0.05) is 44.2 Å². The Labute approximate surface area is 105 Å². The molecular formula is C13H14N2OS. The molecule has 88 valence electrons. The van der Waals surface area contributed by atoms with Crippen molar-refractivity contribution in [2.75, 3.05) is 0 Å². The Hall–Kier alpha value is -1.55. The summed E-state index contributed by atoms with van der Waals surface area (Å²) >= 11 is 1.32. The molecule has 0 aliphatic carbocycles.